The minimum absolute atomic E-state index is 0.829. The highest BCUT2D eigenvalue weighted by molar-refractivity contribution is 5.49. The van der Waals surface area contributed by atoms with Gasteiger partial charge in [-0.25, -0.2) is 0 Å². The first kappa shape index (κ1) is 13.4. The number of aryl methyl sites for hydroxylation is 1. The first-order valence-electron chi connectivity index (χ1n) is 6.67. The number of hydrogen-bond acceptors (Lipinski definition) is 3. The zero-order valence-corrected chi connectivity index (χ0v) is 11.9. The van der Waals surface area contributed by atoms with Crippen LogP contribution in [0.1, 0.15) is 18.2 Å². The van der Waals surface area contributed by atoms with Gasteiger partial charge in [-0.15, -0.1) is 0 Å². The third-order valence-corrected chi connectivity index (χ3v) is 3.21. The quantitative estimate of drug-likeness (QED) is 0.887. The highest BCUT2D eigenvalue weighted by atomic mass is 15.1. The van der Waals surface area contributed by atoms with Gasteiger partial charge >= 0.3 is 0 Å². The third kappa shape index (κ3) is 3.47. The number of nitrogens with zero attached hydrogens (tertiary/aromatic N) is 2. The molecule has 0 saturated heterocycles. The molecule has 0 radical (unpaired) electrons. The Hall–Kier alpha value is -2.03. The summed E-state index contributed by atoms with van der Waals surface area (Å²) >= 11 is 0. The second-order valence-corrected chi connectivity index (χ2v) is 4.64. The van der Waals surface area contributed by atoms with Crippen LogP contribution in [0.5, 0.6) is 0 Å². The van der Waals surface area contributed by atoms with Crippen molar-refractivity contribution >= 4 is 11.4 Å². The molecule has 2 rings (SSSR count). The Balaban J connectivity index is 2.18. The molecular weight excluding hydrogens is 234 g/mol. The van der Waals surface area contributed by atoms with Gasteiger partial charge in [0.15, 0.2) is 0 Å². The summed E-state index contributed by atoms with van der Waals surface area (Å²) in [5.74, 6) is 0. The fraction of sp³-hybridized carbons (Fsp3) is 0.312. The minimum atomic E-state index is 0.829. The average molecular weight is 255 g/mol. The maximum atomic E-state index is 4.44. The molecule has 0 amide bonds. The van der Waals surface area contributed by atoms with Gasteiger partial charge in [0, 0.05) is 31.2 Å². The van der Waals surface area contributed by atoms with Crippen LogP contribution in [0.2, 0.25) is 0 Å². The number of benzene rings is 1. The van der Waals surface area contributed by atoms with E-state index < -0.39 is 0 Å². The summed E-state index contributed by atoms with van der Waals surface area (Å²) in [7, 11) is 1.93. The topological polar surface area (TPSA) is 28.2 Å². The number of nitrogens with one attached hydrogen (secondary N) is 1. The second-order valence-electron chi connectivity index (χ2n) is 4.64. The molecule has 2 aromatic rings. The summed E-state index contributed by atoms with van der Waals surface area (Å²) < 4.78 is 0. The zero-order valence-electron chi connectivity index (χ0n) is 11.9. The number of hydrogen-bond donors (Lipinski definition) is 1. The van der Waals surface area contributed by atoms with Gasteiger partial charge < -0.3 is 10.2 Å². The summed E-state index contributed by atoms with van der Waals surface area (Å²) in [6.07, 6.45) is 1.85. The summed E-state index contributed by atoms with van der Waals surface area (Å²) in [5, 5.41) is 3.15. The van der Waals surface area contributed by atoms with Gasteiger partial charge in [0.2, 0.25) is 0 Å². The largest absolute Gasteiger partial charge is 0.388 e. The van der Waals surface area contributed by atoms with E-state index in [-0.39, 0.29) is 0 Å². The standard InChI is InChI=1S/C16H21N3/c1-4-19(16-7-5-6-13(2)10-16)12-15-11-14(17-3)8-9-18-15/h5-11H,4,12H2,1-3H3,(H,17,18). The minimum Gasteiger partial charge on any atom is -0.388 e. The number of anilines is 2. The Morgan fingerprint density at radius 3 is 2.74 bits per heavy atom. The van der Waals surface area contributed by atoms with Gasteiger partial charge in [-0.1, -0.05) is 12.1 Å². The summed E-state index contributed by atoms with van der Waals surface area (Å²) in [5.41, 5.74) is 4.72. The lowest BCUT2D eigenvalue weighted by Crippen LogP contribution is -2.22. The van der Waals surface area contributed by atoms with Gasteiger partial charge in [-0.3, -0.25) is 4.98 Å². The molecule has 1 heterocycles. The third-order valence-electron chi connectivity index (χ3n) is 3.21. The van der Waals surface area contributed by atoms with E-state index in [2.05, 4.69) is 59.4 Å². The molecule has 0 saturated carbocycles. The molecule has 100 valence electrons. The molecule has 0 unspecified atom stereocenters. The van der Waals surface area contributed by atoms with E-state index in [4.69, 9.17) is 0 Å². The Labute approximate surface area is 115 Å². The van der Waals surface area contributed by atoms with E-state index >= 15 is 0 Å². The van der Waals surface area contributed by atoms with Crippen molar-refractivity contribution in [2.75, 3.05) is 23.8 Å². The van der Waals surface area contributed by atoms with Crippen LogP contribution in [-0.2, 0) is 6.54 Å². The van der Waals surface area contributed by atoms with Gasteiger partial charge in [-0.05, 0) is 43.7 Å². The van der Waals surface area contributed by atoms with Crippen LogP contribution >= 0.6 is 0 Å². The molecule has 1 aromatic heterocycles. The van der Waals surface area contributed by atoms with Gasteiger partial charge in [-0.2, -0.15) is 0 Å². The molecule has 0 fully saturated rings. The van der Waals surface area contributed by atoms with E-state index in [1.807, 2.05) is 19.3 Å². The predicted molar refractivity (Wildman–Crippen MR) is 81.7 cm³/mol. The monoisotopic (exact) mass is 255 g/mol. The Kier molecular flexibility index (Phi) is 4.39. The first-order valence-corrected chi connectivity index (χ1v) is 6.67. The van der Waals surface area contributed by atoms with Crippen LogP contribution in [0.15, 0.2) is 42.6 Å². The Morgan fingerprint density at radius 2 is 2.05 bits per heavy atom. The number of rotatable bonds is 5. The van der Waals surface area contributed by atoms with E-state index in [9.17, 15) is 0 Å². The zero-order chi connectivity index (χ0) is 13.7. The molecule has 0 bridgehead atoms. The number of aromatic nitrogens is 1. The molecule has 0 atom stereocenters. The fourth-order valence-electron chi connectivity index (χ4n) is 2.13. The maximum absolute atomic E-state index is 4.44. The summed E-state index contributed by atoms with van der Waals surface area (Å²) in [6.45, 7) is 6.09. The van der Waals surface area contributed by atoms with E-state index in [0.29, 0.717) is 0 Å². The van der Waals surface area contributed by atoms with Crippen molar-refractivity contribution in [1.82, 2.24) is 4.98 Å². The van der Waals surface area contributed by atoms with Crippen LogP contribution < -0.4 is 10.2 Å². The molecule has 19 heavy (non-hydrogen) atoms. The van der Waals surface area contributed by atoms with Crippen molar-refractivity contribution in [1.29, 1.82) is 0 Å². The molecular formula is C16H21N3. The molecule has 0 aliphatic heterocycles. The van der Waals surface area contributed by atoms with Crippen LogP contribution in [0, 0.1) is 6.92 Å². The van der Waals surface area contributed by atoms with Crippen LogP contribution in [0.25, 0.3) is 0 Å². The molecule has 3 heteroatoms. The van der Waals surface area contributed by atoms with Crippen molar-refractivity contribution in [3.8, 4) is 0 Å². The van der Waals surface area contributed by atoms with E-state index in [1.165, 1.54) is 11.3 Å². The van der Waals surface area contributed by atoms with Crippen molar-refractivity contribution in [2.45, 2.75) is 20.4 Å². The van der Waals surface area contributed by atoms with Crippen molar-refractivity contribution in [2.24, 2.45) is 0 Å². The van der Waals surface area contributed by atoms with Crippen molar-refractivity contribution in [3.05, 3.63) is 53.9 Å². The van der Waals surface area contributed by atoms with Crippen molar-refractivity contribution in [3.63, 3.8) is 0 Å². The highest BCUT2D eigenvalue weighted by Gasteiger charge is 2.06. The van der Waals surface area contributed by atoms with Crippen LogP contribution in [-0.4, -0.2) is 18.6 Å². The molecule has 0 aliphatic rings. The normalized spacial score (nSPS) is 10.3. The van der Waals surface area contributed by atoms with Gasteiger partial charge in [0.25, 0.3) is 0 Å². The lowest BCUT2D eigenvalue weighted by Gasteiger charge is -2.23. The molecule has 0 spiro atoms. The van der Waals surface area contributed by atoms with E-state index in [1.54, 1.807) is 0 Å². The average Bonchev–Trinajstić information content (AvgIpc) is 2.45. The second kappa shape index (κ2) is 6.23. The van der Waals surface area contributed by atoms with E-state index in [0.717, 1.165) is 24.5 Å². The van der Waals surface area contributed by atoms with Crippen LogP contribution in [0.4, 0.5) is 11.4 Å². The summed E-state index contributed by atoms with van der Waals surface area (Å²) in [4.78, 5) is 6.77. The summed E-state index contributed by atoms with van der Waals surface area (Å²) in [6, 6.07) is 12.7. The molecule has 0 aliphatic carbocycles. The predicted octanol–water partition coefficient (Wildman–Crippen LogP) is 3.46. The Bertz CT molecular complexity index is 537. The van der Waals surface area contributed by atoms with Gasteiger partial charge in [0.05, 0.1) is 12.2 Å². The number of pyridine rings is 1. The van der Waals surface area contributed by atoms with Crippen LogP contribution in [0.3, 0.4) is 0 Å². The Morgan fingerprint density at radius 1 is 1.21 bits per heavy atom. The smallest absolute Gasteiger partial charge is 0.0617 e. The first-order chi connectivity index (χ1) is 9.22. The molecule has 1 aromatic carbocycles. The maximum Gasteiger partial charge on any atom is 0.0617 e. The molecule has 1 N–H and O–H groups in total. The fourth-order valence-corrected chi connectivity index (χ4v) is 2.13. The highest BCUT2D eigenvalue weighted by Crippen LogP contribution is 2.18. The van der Waals surface area contributed by atoms with Gasteiger partial charge in [0.1, 0.15) is 0 Å². The molecule has 3 nitrogen and oxygen atoms in total. The lowest BCUT2D eigenvalue weighted by atomic mass is 10.2. The SMILES string of the molecule is CCN(Cc1cc(NC)ccn1)c1cccc(C)c1. The lowest BCUT2D eigenvalue weighted by molar-refractivity contribution is 0.809. The van der Waals surface area contributed by atoms with Crippen molar-refractivity contribution < 1.29 is 0 Å².